The van der Waals surface area contributed by atoms with Crippen LogP contribution in [-0.2, 0) is 17.6 Å². The molecule has 0 saturated carbocycles. The number of benzene rings is 2. The number of urea groups is 1. The SMILES string of the molecule is CCCCCCCN(C(=O)Nc1ccccc1OC(F)(F)F)C1Cc2ccc(SC(C)(C)C(=O)O)cc2C1. The number of unbranched alkanes of at least 4 members (excludes halogenated alkanes) is 4. The Morgan fingerprint density at radius 1 is 1.05 bits per heavy atom. The lowest BCUT2D eigenvalue weighted by Gasteiger charge is -2.29. The average Bonchev–Trinajstić information content (AvgIpc) is 3.24. The number of para-hydroxylation sites is 2. The van der Waals surface area contributed by atoms with Gasteiger partial charge in [0, 0.05) is 17.5 Å². The van der Waals surface area contributed by atoms with Crippen LogP contribution in [0.3, 0.4) is 0 Å². The summed E-state index contributed by atoms with van der Waals surface area (Å²) in [7, 11) is 0. The summed E-state index contributed by atoms with van der Waals surface area (Å²) in [5, 5.41) is 12.1. The van der Waals surface area contributed by atoms with E-state index in [1.165, 1.54) is 36.0 Å². The van der Waals surface area contributed by atoms with Gasteiger partial charge in [-0.2, -0.15) is 0 Å². The van der Waals surface area contributed by atoms with E-state index in [0.717, 1.165) is 48.1 Å². The molecule has 0 aromatic heterocycles. The van der Waals surface area contributed by atoms with Crippen LogP contribution in [0.4, 0.5) is 23.7 Å². The molecule has 2 aromatic carbocycles. The Kier molecular flexibility index (Phi) is 9.98. The molecule has 0 saturated heterocycles. The van der Waals surface area contributed by atoms with Gasteiger partial charge in [-0.3, -0.25) is 4.79 Å². The lowest BCUT2D eigenvalue weighted by molar-refractivity contribution is -0.274. The number of ether oxygens (including phenoxy) is 1. The van der Waals surface area contributed by atoms with Gasteiger partial charge in [-0.25, -0.2) is 4.79 Å². The van der Waals surface area contributed by atoms with Crippen LogP contribution in [0.25, 0.3) is 0 Å². The zero-order chi connectivity index (χ0) is 27.9. The third kappa shape index (κ3) is 8.31. The van der Waals surface area contributed by atoms with Gasteiger partial charge in [0.15, 0.2) is 5.75 Å². The van der Waals surface area contributed by atoms with Crippen molar-refractivity contribution in [3.05, 3.63) is 53.6 Å². The zero-order valence-electron chi connectivity index (χ0n) is 21.9. The number of nitrogens with zero attached hydrogens (tertiary/aromatic N) is 1. The minimum atomic E-state index is -4.88. The average molecular weight is 553 g/mol. The maximum absolute atomic E-state index is 13.4. The van der Waals surface area contributed by atoms with Crippen molar-refractivity contribution in [2.45, 2.75) is 87.8 Å². The number of amides is 2. The predicted molar refractivity (Wildman–Crippen MR) is 143 cm³/mol. The monoisotopic (exact) mass is 552 g/mol. The van der Waals surface area contributed by atoms with Gasteiger partial charge < -0.3 is 20.1 Å². The van der Waals surface area contributed by atoms with Crippen molar-refractivity contribution in [2.75, 3.05) is 11.9 Å². The van der Waals surface area contributed by atoms with E-state index < -0.39 is 28.9 Å². The molecule has 6 nitrogen and oxygen atoms in total. The highest BCUT2D eigenvalue weighted by atomic mass is 32.2. The van der Waals surface area contributed by atoms with E-state index in [9.17, 15) is 27.9 Å². The number of carboxylic acid groups (broad SMARTS) is 1. The Morgan fingerprint density at radius 2 is 1.74 bits per heavy atom. The van der Waals surface area contributed by atoms with Crippen molar-refractivity contribution >= 4 is 29.4 Å². The molecule has 0 heterocycles. The molecule has 1 unspecified atom stereocenters. The van der Waals surface area contributed by atoms with Crippen LogP contribution in [0.1, 0.15) is 64.0 Å². The number of halogens is 3. The Labute approximate surface area is 225 Å². The van der Waals surface area contributed by atoms with Crippen LogP contribution in [-0.4, -0.2) is 45.7 Å². The Bertz CT molecular complexity index is 1120. The Hall–Kier alpha value is -2.88. The summed E-state index contributed by atoms with van der Waals surface area (Å²) < 4.78 is 41.8. The molecule has 0 radical (unpaired) electrons. The fourth-order valence-electron chi connectivity index (χ4n) is 4.50. The molecular formula is C28H35F3N2O4S. The molecule has 0 bridgehead atoms. The van der Waals surface area contributed by atoms with Gasteiger partial charge in [0.25, 0.3) is 0 Å². The lowest BCUT2D eigenvalue weighted by Crippen LogP contribution is -2.44. The van der Waals surface area contributed by atoms with Gasteiger partial charge >= 0.3 is 18.4 Å². The first kappa shape index (κ1) is 29.7. The molecule has 2 N–H and O–H groups in total. The molecule has 1 aliphatic carbocycles. The van der Waals surface area contributed by atoms with Crippen molar-refractivity contribution in [1.29, 1.82) is 0 Å². The van der Waals surface area contributed by atoms with Gasteiger partial charge in [-0.15, -0.1) is 24.9 Å². The third-order valence-corrected chi connectivity index (χ3v) is 7.71. The largest absolute Gasteiger partial charge is 0.573 e. The fraction of sp³-hybridized carbons (Fsp3) is 0.500. The van der Waals surface area contributed by atoms with E-state index >= 15 is 0 Å². The van der Waals surface area contributed by atoms with E-state index in [1.54, 1.807) is 18.7 Å². The number of carbonyl (C=O) groups is 2. The summed E-state index contributed by atoms with van der Waals surface area (Å²) >= 11 is 1.27. The molecule has 0 spiro atoms. The quantitative estimate of drug-likeness (QED) is 0.210. The number of nitrogens with one attached hydrogen (secondary N) is 1. The second-order valence-electron chi connectivity index (χ2n) is 9.99. The molecule has 3 rings (SSSR count). The first-order valence-electron chi connectivity index (χ1n) is 12.9. The minimum Gasteiger partial charge on any atom is -0.480 e. The standard InChI is InChI=1S/C28H35F3N2O4S/c1-4-5-6-7-10-15-33(26(36)32-23-11-8-9-12-24(23)37-28(29,30)31)21-16-19-13-14-22(18-20(19)17-21)38-27(2,3)25(34)35/h8-9,11-14,18,21H,4-7,10,15-17H2,1-3H3,(H,32,36)(H,34,35). The number of aliphatic carboxylic acids is 1. The van der Waals surface area contributed by atoms with Crippen LogP contribution in [0.2, 0.25) is 0 Å². The highest BCUT2D eigenvalue weighted by Gasteiger charge is 2.34. The molecule has 38 heavy (non-hydrogen) atoms. The molecule has 2 amide bonds. The molecular weight excluding hydrogens is 517 g/mol. The molecule has 1 aliphatic rings. The minimum absolute atomic E-state index is 0.0455. The smallest absolute Gasteiger partial charge is 0.480 e. The number of alkyl halides is 3. The Balaban J connectivity index is 1.77. The summed E-state index contributed by atoms with van der Waals surface area (Å²) in [4.78, 5) is 27.5. The lowest BCUT2D eigenvalue weighted by atomic mass is 10.1. The zero-order valence-corrected chi connectivity index (χ0v) is 22.8. The second-order valence-corrected chi connectivity index (χ2v) is 11.7. The normalized spacial score (nSPS) is 15.2. The van der Waals surface area contributed by atoms with Gasteiger partial charge in [0.05, 0.1) is 5.69 Å². The topological polar surface area (TPSA) is 78.9 Å². The van der Waals surface area contributed by atoms with Crippen LogP contribution in [0, 0.1) is 0 Å². The maximum atomic E-state index is 13.4. The molecule has 208 valence electrons. The number of fused-ring (bicyclic) bond motifs is 1. The number of thioether (sulfide) groups is 1. The van der Waals surface area contributed by atoms with Crippen LogP contribution >= 0.6 is 11.8 Å². The number of rotatable bonds is 12. The van der Waals surface area contributed by atoms with E-state index in [2.05, 4.69) is 17.0 Å². The Morgan fingerprint density at radius 3 is 2.42 bits per heavy atom. The summed E-state index contributed by atoms with van der Waals surface area (Å²) in [6.45, 7) is 5.91. The highest BCUT2D eigenvalue weighted by Crippen LogP contribution is 2.37. The summed E-state index contributed by atoms with van der Waals surface area (Å²) in [5.74, 6) is -1.37. The first-order chi connectivity index (χ1) is 17.9. The number of carboxylic acids is 1. The van der Waals surface area contributed by atoms with Crippen molar-refractivity contribution in [2.24, 2.45) is 0 Å². The molecule has 0 fully saturated rings. The van der Waals surface area contributed by atoms with E-state index in [0.29, 0.717) is 19.4 Å². The molecule has 10 heteroatoms. The predicted octanol–water partition coefficient (Wildman–Crippen LogP) is 7.51. The summed E-state index contributed by atoms with van der Waals surface area (Å²) in [5.41, 5.74) is 2.08. The fourth-order valence-corrected chi connectivity index (χ4v) is 5.51. The van der Waals surface area contributed by atoms with E-state index in [1.807, 2.05) is 18.2 Å². The number of hydrogen-bond acceptors (Lipinski definition) is 4. The van der Waals surface area contributed by atoms with E-state index in [4.69, 9.17) is 0 Å². The van der Waals surface area contributed by atoms with Crippen molar-refractivity contribution in [3.8, 4) is 5.75 Å². The number of hydrogen-bond donors (Lipinski definition) is 2. The number of carbonyl (C=O) groups excluding carboxylic acids is 1. The third-order valence-electron chi connectivity index (χ3n) is 6.54. The first-order valence-corrected chi connectivity index (χ1v) is 13.7. The van der Waals surface area contributed by atoms with E-state index in [-0.39, 0.29) is 11.7 Å². The summed E-state index contributed by atoms with van der Waals surface area (Å²) in [6.07, 6.45) is 1.32. The van der Waals surface area contributed by atoms with Gasteiger partial charge in [-0.1, -0.05) is 50.8 Å². The molecule has 1 atom stereocenters. The van der Waals surface area contributed by atoms with Crippen molar-refractivity contribution < 1.29 is 32.6 Å². The summed E-state index contributed by atoms with van der Waals surface area (Å²) in [6, 6.07) is 10.7. The van der Waals surface area contributed by atoms with Crippen molar-refractivity contribution in [3.63, 3.8) is 0 Å². The van der Waals surface area contributed by atoms with Crippen LogP contribution < -0.4 is 10.1 Å². The highest BCUT2D eigenvalue weighted by molar-refractivity contribution is 8.01. The van der Waals surface area contributed by atoms with Gasteiger partial charge in [0.1, 0.15) is 4.75 Å². The van der Waals surface area contributed by atoms with Crippen molar-refractivity contribution in [1.82, 2.24) is 4.90 Å². The van der Waals surface area contributed by atoms with Gasteiger partial charge in [0.2, 0.25) is 0 Å². The maximum Gasteiger partial charge on any atom is 0.573 e. The second kappa shape index (κ2) is 12.8. The van der Waals surface area contributed by atoms with Crippen LogP contribution in [0.15, 0.2) is 47.4 Å². The number of anilines is 1. The molecule has 0 aliphatic heterocycles. The van der Waals surface area contributed by atoms with Gasteiger partial charge in [-0.05, 0) is 68.5 Å². The molecule has 2 aromatic rings. The van der Waals surface area contributed by atoms with Crippen LogP contribution in [0.5, 0.6) is 5.75 Å².